The topological polar surface area (TPSA) is 75.6 Å². The van der Waals surface area contributed by atoms with E-state index in [1.54, 1.807) is 11.8 Å². The molecule has 2 unspecified atom stereocenters. The van der Waals surface area contributed by atoms with Crippen LogP contribution in [0.25, 0.3) is 0 Å². The van der Waals surface area contributed by atoms with Crippen LogP contribution in [0.4, 0.5) is 0 Å². The number of fused-ring (bicyclic) bond motifs is 1. The maximum absolute atomic E-state index is 11.5. The standard InChI is InChI=1S/C13H14ClNO4S/c14-9-1-2-11-10(3-9)8(7-20-11)4-15-12(16)5-19-6-13(17)18/h1-3,7,10-11H,4-6H2,(H,15,16)(H,17,18). The van der Waals surface area contributed by atoms with Crippen molar-refractivity contribution in [1.82, 2.24) is 5.32 Å². The lowest BCUT2D eigenvalue weighted by Crippen LogP contribution is -2.31. The summed E-state index contributed by atoms with van der Waals surface area (Å²) in [6.07, 6.45) is 5.91. The number of aliphatic carboxylic acids is 1. The van der Waals surface area contributed by atoms with Crippen LogP contribution in [0.1, 0.15) is 0 Å². The molecule has 108 valence electrons. The van der Waals surface area contributed by atoms with Crippen LogP contribution in [0.2, 0.25) is 0 Å². The van der Waals surface area contributed by atoms with E-state index in [0.29, 0.717) is 16.8 Å². The lowest BCUT2D eigenvalue weighted by atomic mass is 9.93. The molecule has 1 heterocycles. The molecular formula is C13H14ClNO4S. The molecule has 0 spiro atoms. The van der Waals surface area contributed by atoms with Crippen LogP contribution in [0.15, 0.2) is 34.2 Å². The molecule has 2 rings (SSSR count). The van der Waals surface area contributed by atoms with Crippen molar-refractivity contribution in [3.63, 3.8) is 0 Å². The zero-order valence-corrected chi connectivity index (χ0v) is 12.1. The molecule has 0 radical (unpaired) electrons. The molecule has 0 saturated carbocycles. The third-order valence-corrected chi connectivity index (χ3v) is 4.35. The fourth-order valence-corrected chi connectivity index (χ4v) is 3.34. The van der Waals surface area contributed by atoms with Crippen molar-refractivity contribution in [2.24, 2.45) is 5.92 Å². The highest BCUT2D eigenvalue weighted by atomic mass is 35.5. The van der Waals surface area contributed by atoms with Gasteiger partial charge in [-0.15, -0.1) is 11.8 Å². The number of carbonyl (C=O) groups excluding carboxylic acids is 1. The Labute approximate surface area is 125 Å². The summed E-state index contributed by atoms with van der Waals surface area (Å²) in [4.78, 5) is 21.7. The first-order chi connectivity index (χ1) is 9.56. The zero-order valence-electron chi connectivity index (χ0n) is 10.5. The van der Waals surface area contributed by atoms with Crippen LogP contribution >= 0.6 is 23.4 Å². The second-order valence-electron chi connectivity index (χ2n) is 4.39. The van der Waals surface area contributed by atoms with Crippen molar-refractivity contribution in [2.45, 2.75) is 5.25 Å². The van der Waals surface area contributed by atoms with Gasteiger partial charge in [-0.25, -0.2) is 4.79 Å². The van der Waals surface area contributed by atoms with E-state index in [1.807, 2.05) is 17.6 Å². The van der Waals surface area contributed by atoms with E-state index < -0.39 is 12.6 Å². The third-order valence-electron chi connectivity index (χ3n) is 2.89. The van der Waals surface area contributed by atoms with Crippen molar-refractivity contribution >= 4 is 35.2 Å². The summed E-state index contributed by atoms with van der Waals surface area (Å²) in [6.45, 7) is -0.310. The number of carboxylic acids is 1. The van der Waals surface area contributed by atoms with Crippen molar-refractivity contribution in [3.05, 3.63) is 34.2 Å². The lowest BCUT2D eigenvalue weighted by molar-refractivity contribution is -0.143. The molecule has 0 aromatic rings. The van der Waals surface area contributed by atoms with E-state index >= 15 is 0 Å². The van der Waals surface area contributed by atoms with Gasteiger partial charge in [-0.1, -0.05) is 23.8 Å². The minimum absolute atomic E-state index is 0.206. The number of nitrogens with one attached hydrogen (secondary N) is 1. The average Bonchev–Trinajstić information content (AvgIpc) is 2.78. The fourth-order valence-electron chi connectivity index (χ4n) is 1.96. The first-order valence-electron chi connectivity index (χ1n) is 6.02. The molecule has 20 heavy (non-hydrogen) atoms. The molecule has 2 atom stereocenters. The highest BCUT2D eigenvalue weighted by Crippen LogP contribution is 2.40. The maximum Gasteiger partial charge on any atom is 0.329 e. The quantitative estimate of drug-likeness (QED) is 0.777. The third kappa shape index (κ3) is 4.13. The van der Waals surface area contributed by atoms with Gasteiger partial charge in [0.05, 0.1) is 0 Å². The predicted molar refractivity (Wildman–Crippen MR) is 77.5 cm³/mol. The molecule has 0 aromatic carbocycles. The van der Waals surface area contributed by atoms with Crippen LogP contribution in [0.3, 0.4) is 0 Å². The average molecular weight is 316 g/mol. The Balaban J connectivity index is 1.76. The van der Waals surface area contributed by atoms with Crippen molar-refractivity contribution < 1.29 is 19.4 Å². The second kappa shape index (κ2) is 6.97. The number of allylic oxidation sites excluding steroid dienone is 3. The summed E-state index contributed by atoms with van der Waals surface area (Å²) in [5.41, 5.74) is 1.09. The Morgan fingerprint density at radius 1 is 1.45 bits per heavy atom. The summed E-state index contributed by atoms with van der Waals surface area (Å²) in [5, 5.41) is 14.2. The van der Waals surface area contributed by atoms with Gasteiger partial charge in [-0.3, -0.25) is 4.79 Å². The van der Waals surface area contributed by atoms with E-state index in [4.69, 9.17) is 21.4 Å². The maximum atomic E-state index is 11.5. The lowest BCUT2D eigenvalue weighted by Gasteiger charge is -2.19. The first kappa shape index (κ1) is 15.2. The van der Waals surface area contributed by atoms with Crippen molar-refractivity contribution in [2.75, 3.05) is 19.8 Å². The Morgan fingerprint density at radius 2 is 2.25 bits per heavy atom. The summed E-state index contributed by atoms with van der Waals surface area (Å²) >= 11 is 7.68. The Bertz CT molecular complexity index is 501. The minimum Gasteiger partial charge on any atom is -0.480 e. The summed E-state index contributed by atoms with van der Waals surface area (Å²) in [6, 6.07) is 0. The number of hydrogen-bond acceptors (Lipinski definition) is 4. The van der Waals surface area contributed by atoms with E-state index in [1.165, 1.54) is 0 Å². The molecule has 1 aliphatic carbocycles. The minimum atomic E-state index is -1.09. The molecule has 1 aliphatic heterocycles. The SMILES string of the molecule is O=C(O)COCC(=O)NCC1=CSC2C=CC(Cl)=CC12. The van der Waals surface area contributed by atoms with Crippen LogP contribution in [0.5, 0.6) is 0 Å². The number of amides is 1. The number of rotatable bonds is 6. The molecule has 0 saturated heterocycles. The van der Waals surface area contributed by atoms with Gasteiger partial charge in [0.15, 0.2) is 0 Å². The van der Waals surface area contributed by atoms with Gasteiger partial charge in [0, 0.05) is 22.7 Å². The number of carbonyl (C=O) groups is 2. The first-order valence-corrected chi connectivity index (χ1v) is 7.34. The van der Waals surface area contributed by atoms with E-state index in [0.717, 1.165) is 5.57 Å². The largest absolute Gasteiger partial charge is 0.480 e. The van der Waals surface area contributed by atoms with E-state index in [2.05, 4.69) is 11.4 Å². The predicted octanol–water partition coefficient (Wildman–Crippen LogP) is 1.51. The van der Waals surface area contributed by atoms with Gasteiger partial charge >= 0.3 is 5.97 Å². The highest BCUT2D eigenvalue weighted by Gasteiger charge is 2.29. The smallest absolute Gasteiger partial charge is 0.329 e. The van der Waals surface area contributed by atoms with E-state index in [-0.39, 0.29) is 18.4 Å². The Hall–Kier alpha value is -1.24. The van der Waals surface area contributed by atoms with Crippen LogP contribution in [0, 0.1) is 5.92 Å². The number of ether oxygens (including phenoxy) is 1. The summed E-state index contributed by atoms with van der Waals surface area (Å²) in [5.74, 6) is -1.22. The van der Waals surface area contributed by atoms with E-state index in [9.17, 15) is 9.59 Å². The molecule has 2 aliphatic rings. The fraction of sp³-hybridized carbons (Fsp3) is 0.385. The van der Waals surface area contributed by atoms with Crippen molar-refractivity contribution in [1.29, 1.82) is 0 Å². The molecule has 7 heteroatoms. The summed E-state index contributed by atoms with van der Waals surface area (Å²) in [7, 11) is 0. The number of carboxylic acid groups (broad SMARTS) is 1. The molecule has 2 N–H and O–H groups in total. The molecule has 0 bridgehead atoms. The van der Waals surface area contributed by atoms with Crippen molar-refractivity contribution in [3.8, 4) is 0 Å². The van der Waals surface area contributed by atoms with Gasteiger partial charge < -0.3 is 15.2 Å². The van der Waals surface area contributed by atoms with Gasteiger partial charge in [0.1, 0.15) is 13.2 Å². The zero-order chi connectivity index (χ0) is 14.5. The van der Waals surface area contributed by atoms with Crippen LogP contribution in [-0.4, -0.2) is 42.0 Å². The number of hydrogen-bond donors (Lipinski definition) is 2. The molecule has 0 aromatic heterocycles. The van der Waals surface area contributed by atoms with Gasteiger partial charge in [-0.2, -0.15) is 0 Å². The Morgan fingerprint density at radius 3 is 3.00 bits per heavy atom. The molecule has 0 fully saturated rings. The van der Waals surface area contributed by atoms with Gasteiger partial charge in [0.25, 0.3) is 0 Å². The highest BCUT2D eigenvalue weighted by molar-refractivity contribution is 8.03. The number of halogens is 1. The monoisotopic (exact) mass is 315 g/mol. The normalized spacial score (nSPS) is 23.9. The molecule has 1 amide bonds. The van der Waals surface area contributed by atoms with Gasteiger partial charge in [-0.05, 0) is 17.1 Å². The second-order valence-corrected chi connectivity index (χ2v) is 5.88. The number of thioether (sulfide) groups is 1. The summed E-state index contributed by atoms with van der Waals surface area (Å²) < 4.78 is 4.72. The Kier molecular flexibility index (Phi) is 5.28. The van der Waals surface area contributed by atoms with Crippen LogP contribution < -0.4 is 5.32 Å². The molecular weight excluding hydrogens is 302 g/mol. The van der Waals surface area contributed by atoms with Gasteiger partial charge in [0.2, 0.25) is 5.91 Å². The molecule has 5 nitrogen and oxygen atoms in total. The van der Waals surface area contributed by atoms with Crippen LogP contribution in [-0.2, 0) is 14.3 Å².